The van der Waals surface area contributed by atoms with Gasteiger partial charge in [0.15, 0.2) is 0 Å². The quantitative estimate of drug-likeness (QED) is 0.789. The molecular weight excluding hydrogens is 322 g/mol. The Morgan fingerprint density at radius 2 is 1.76 bits per heavy atom. The molecule has 1 heterocycles. The highest BCUT2D eigenvalue weighted by Crippen LogP contribution is 2.26. The number of rotatable bonds is 6. The number of carboxylic acids is 1. The molecule has 6 heteroatoms. The Hall–Kier alpha value is -2.86. The monoisotopic (exact) mass is 341 g/mol. The third-order valence-corrected chi connectivity index (χ3v) is 4.09. The van der Waals surface area contributed by atoms with E-state index in [-0.39, 0.29) is 19.6 Å². The van der Waals surface area contributed by atoms with Crippen molar-refractivity contribution in [3.63, 3.8) is 0 Å². The Morgan fingerprint density at radius 1 is 1.08 bits per heavy atom. The van der Waals surface area contributed by atoms with Crippen molar-refractivity contribution in [1.29, 1.82) is 0 Å². The van der Waals surface area contributed by atoms with Crippen molar-refractivity contribution in [1.82, 2.24) is 5.32 Å². The van der Waals surface area contributed by atoms with Crippen molar-refractivity contribution in [3.8, 4) is 11.5 Å². The van der Waals surface area contributed by atoms with E-state index in [9.17, 15) is 14.7 Å². The van der Waals surface area contributed by atoms with Crippen LogP contribution in [0.2, 0.25) is 0 Å². The van der Waals surface area contributed by atoms with Crippen LogP contribution in [-0.4, -0.2) is 29.2 Å². The lowest BCUT2D eigenvalue weighted by molar-refractivity contribution is -0.167. The van der Waals surface area contributed by atoms with Crippen molar-refractivity contribution >= 4 is 11.9 Å². The number of aliphatic carboxylic acids is 1. The number of carboxylic acid groups (broad SMARTS) is 1. The van der Waals surface area contributed by atoms with Gasteiger partial charge in [-0.15, -0.1) is 0 Å². The molecule has 3 rings (SSSR count). The first-order valence-electron chi connectivity index (χ1n) is 8.08. The van der Waals surface area contributed by atoms with Crippen LogP contribution in [-0.2, 0) is 20.9 Å². The van der Waals surface area contributed by atoms with Gasteiger partial charge in [-0.05, 0) is 42.7 Å². The Labute approximate surface area is 145 Å². The zero-order chi connectivity index (χ0) is 17.7. The number of hydrogen-bond acceptors (Lipinski definition) is 4. The van der Waals surface area contributed by atoms with Gasteiger partial charge in [-0.2, -0.15) is 0 Å². The van der Waals surface area contributed by atoms with Crippen LogP contribution in [0.1, 0.15) is 18.4 Å². The van der Waals surface area contributed by atoms with Gasteiger partial charge in [0.25, 0.3) is 5.91 Å². The third-order valence-electron chi connectivity index (χ3n) is 4.09. The molecule has 0 spiro atoms. The molecule has 2 aromatic rings. The third kappa shape index (κ3) is 3.80. The average Bonchev–Trinajstić information content (AvgIpc) is 3.13. The minimum Gasteiger partial charge on any atom is -0.479 e. The van der Waals surface area contributed by atoms with Gasteiger partial charge in [0.2, 0.25) is 5.60 Å². The fraction of sp³-hybridized carbons (Fsp3) is 0.263. The number of carbonyl (C=O) groups is 2. The van der Waals surface area contributed by atoms with Gasteiger partial charge >= 0.3 is 5.97 Å². The minimum absolute atomic E-state index is 0.192. The molecule has 2 N–H and O–H groups in total. The van der Waals surface area contributed by atoms with Crippen LogP contribution in [0.5, 0.6) is 11.5 Å². The van der Waals surface area contributed by atoms with Crippen LogP contribution in [0.25, 0.3) is 0 Å². The lowest BCUT2D eigenvalue weighted by Gasteiger charge is -2.22. The summed E-state index contributed by atoms with van der Waals surface area (Å²) in [7, 11) is 0. The molecular formula is C19H19NO5. The first-order valence-corrected chi connectivity index (χ1v) is 8.08. The first kappa shape index (κ1) is 17.0. The summed E-state index contributed by atoms with van der Waals surface area (Å²) in [6, 6.07) is 16.7. The van der Waals surface area contributed by atoms with Crippen LogP contribution >= 0.6 is 0 Å². The Morgan fingerprint density at radius 3 is 2.36 bits per heavy atom. The van der Waals surface area contributed by atoms with E-state index in [0.29, 0.717) is 12.2 Å². The summed E-state index contributed by atoms with van der Waals surface area (Å²) in [6.45, 7) is 0.508. The van der Waals surface area contributed by atoms with E-state index < -0.39 is 17.5 Å². The summed E-state index contributed by atoms with van der Waals surface area (Å²) in [6.07, 6.45) is 0.753. The molecule has 2 aromatic carbocycles. The van der Waals surface area contributed by atoms with Crippen molar-refractivity contribution in [2.45, 2.75) is 25.0 Å². The van der Waals surface area contributed by atoms with Crippen LogP contribution in [0.4, 0.5) is 0 Å². The molecule has 0 saturated carbocycles. The van der Waals surface area contributed by atoms with Crippen LogP contribution in [0, 0.1) is 0 Å². The number of amides is 1. The van der Waals surface area contributed by atoms with Gasteiger partial charge < -0.3 is 19.9 Å². The maximum Gasteiger partial charge on any atom is 0.345 e. The molecule has 1 saturated heterocycles. The highest BCUT2D eigenvalue weighted by molar-refractivity contribution is 6.05. The normalized spacial score (nSPS) is 19.4. The van der Waals surface area contributed by atoms with Gasteiger partial charge in [-0.1, -0.05) is 30.3 Å². The fourth-order valence-corrected chi connectivity index (χ4v) is 2.71. The number of carbonyl (C=O) groups excluding carboxylic acids is 1. The molecule has 0 aromatic heterocycles. The molecule has 1 aliphatic heterocycles. The highest BCUT2D eigenvalue weighted by atomic mass is 16.5. The lowest BCUT2D eigenvalue weighted by Crippen LogP contribution is -2.52. The van der Waals surface area contributed by atoms with E-state index in [4.69, 9.17) is 9.47 Å². The average molecular weight is 341 g/mol. The molecule has 25 heavy (non-hydrogen) atoms. The zero-order valence-electron chi connectivity index (χ0n) is 13.6. The zero-order valence-corrected chi connectivity index (χ0v) is 13.6. The number of para-hydroxylation sites is 1. The fourth-order valence-electron chi connectivity index (χ4n) is 2.71. The number of hydrogen-bond donors (Lipinski definition) is 2. The summed E-state index contributed by atoms with van der Waals surface area (Å²) in [5, 5.41) is 12.0. The maximum absolute atomic E-state index is 12.2. The van der Waals surface area contributed by atoms with E-state index in [1.54, 1.807) is 12.1 Å². The van der Waals surface area contributed by atoms with Crippen LogP contribution < -0.4 is 10.1 Å². The molecule has 0 bridgehead atoms. The Bertz CT molecular complexity index is 736. The smallest absolute Gasteiger partial charge is 0.345 e. The molecule has 0 radical (unpaired) electrons. The van der Waals surface area contributed by atoms with E-state index in [1.807, 2.05) is 42.5 Å². The Kier molecular flexibility index (Phi) is 5.00. The van der Waals surface area contributed by atoms with Crippen molar-refractivity contribution in [2.24, 2.45) is 0 Å². The summed E-state index contributed by atoms with van der Waals surface area (Å²) in [4.78, 5) is 23.6. The van der Waals surface area contributed by atoms with Crippen molar-refractivity contribution in [3.05, 3.63) is 60.2 Å². The van der Waals surface area contributed by atoms with Gasteiger partial charge in [0.1, 0.15) is 11.5 Å². The highest BCUT2D eigenvalue weighted by Gasteiger charge is 2.50. The van der Waals surface area contributed by atoms with E-state index in [2.05, 4.69) is 5.32 Å². The second kappa shape index (κ2) is 7.36. The van der Waals surface area contributed by atoms with Gasteiger partial charge in [-0.3, -0.25) is 4.79 Å². The standard InChI is InChI=1S/C19H19NO5/c21-17(19(18(22)23)11-4-12-24-19)20-13-14-7-9-16(10-8-14)25-15-5-2-1-3-6-15/h1-3,5-10H,4,11-13H2,(H,20,21)(H,22,23). The second-order valence-electron chi connectivity index (χ2n) is 5.83. The number of ether oxygens (including phenoxy) is 2. The summed E-state index contributed by atoms with van der Waals surface area (Å²) in [5.74, 6) is -0.427. The lowest BCUT2D eigenvalue weighted by atomic mass is 9.99. The van der Waals surface area contributed by atoms with Crippen LogP contribution in [0.3, 0.4) is 0 Å². The van der Waals surface area contributed by atoms with E-state index >= 15 is 0 Å². The second-order valence-corrected chi connectivity index (χ2v) is 5.83. The molecule has 1 atom stereocenters. The number of benzene rings is 2. The predicted molar refractivity (Wildman–Crippen MR) is 90.4 cm³/mol. The summed E-state index contributed by atoms with van der Waals surface area (Å²) in [5.41, 5.74) is -0.914. The molecule has 0 aliphatic carbocycles. The van der Waals surface area contributed by atoms with E-state index in [1.165, 1.54) is 0 Å². The largest absolute Gasteiger partial charge is 0.479 e. The number of nitrogens with one attached hydrogen (secondary N) is 1. The van der Waals surface area contributed by atoms with Crippen molar-refractivity contribution in [2.75, 3.05) is 6.61 Å². The van der Waals surface area contributed by atoms with Crippen molar-refractivity contribution < 1.29 is 24.2 Å². The topological polar surface area (TPSA) is 84.9 Å². The Balaban J connectivity index is 1.58. The SMILES string of the molecule is O=C(O)C1(C(=O)NCc2ccc(Oc3ccccc3)cc2)CCCO1. The van der Waals surface area contributed by atoms with E-state index in [0.717, 1.165) is 11.3 Å². The maximum atomic E-state index is 12.2. The molecule has 6 nitrogen and oxygen atoms in total. The predicted octanol–water partition coefficient (Wildman–Crippen LogP) is 2.73. The molecule has 1 unspecified atom stereocenters. The first-order chi connectivity index (χ1) is 12.1. The van der Waals surface area contributed by atoms with Gasteiger partial charge in [-0.25, -0.2) is 4.79 Å². The van der Waals surface area contributed by atoms with Gasteiger partial charge in [0.05, 0.1) is 0 Å². The van der Waals surface area contributed by atoms with Gasteiger partial charge in [0, 0.05) is 13.2 Å². The molecule has 1 amide bonds. The molecule has 1 aliphatic rings. The molecule has 1 fully saturated rings. The molecule has 130 valence electrons. The van der Waals surface area contributed by atoms with Crippen LogP contribution in [0.15, 0.2) is 54.6 Å². The summed E-state index contributed by atoms with van der Waals surface area (Å²) >= 11 is 0. The summed E-state index contributed by atoms with van der Waals surface area (Å²) < 4.78 is 10.9. The minimum atomic E-state index is -1.75.